The Bertz CT molecular complexity index is 322. The average Bonchev–Trinajstić information content (AvgIpc) is 2.12. The largest absolute Gasteiger partial charge is 0.387 e. The van der Waals surface area contributed by atoms with Crippen LogP contribution in [-0.2, 0) is 5.75 Å². The second-order valence-corrected chi connectivity index (χ2v) is 4.97. The molecular formula is C11H14OS. The highest BCUT2D eigenvalue weighted by atomic mass is 32.2. The lowest BCUT2D eigenvalue weighted by Gasteiger charge is -2.28. The van der Waals surface area contributed by atoms with Crippen molar-refractivity contribution in [1.29, 1.82) is 0 Å². The van der Waals surface area contributed by atoms with Gasteiger partial charge in [0.15, 0.2) is 0 Å². The second-order valence-electron chi connectivity index (χ2n) is 3.60. The first-order chi connectivity index (χ1) is 6.20. The van der Waals surface area contributed by atoms with Crippen LogP contribution in [0.1, 0.15) is 29.7 Å². The van der Waals surface area contributed by atoms with Gasteiger partial charge in [-0.15, -0.1) is 0 Å². The molecule has 0 saturated heterocycles. The first-order valence-electron chi connectivity index (χ1n) is 4.58. The van der Waals surface area contributed by atoms with Crippen molar-refractivity contribution >= 4 is 11.8 Å². The molecule has 1 aliphatic heterocycles. The van der Waals surface area contributed by atoms with Crippen LogP contribution in [0.25, 0.3) is 0 Å². The Morgan fingerprint density at radius 3 is 3.00 bits per heavy atom. The van der Waals surface area contributed by atoms with Crippen LogP contribution in [0.3, 0.4) is 0 Å². The van der Waals surface area contributed by atoms with Gasteiger partial charge in [-0.25, -0.2) is 0 Å². The third kappa shape index (κ3) is 1.49. The zero-order valence-electron chi connectivity index (χ0n) is 7.95. The number of thioether (sulfide) groups is 1. The highest BCUT2D eigenvalue weighted by Gasteiger charge is 2.25. The molecule has 1 aliphatic rings. The maximum absolute atomic E-state index is 9.93. The van der Waals surface area contributed by atoms with E-state index in [0.29, 0.717) is 5.25 Å². The van der Waals surface area contributed by atoms with E-state index in [1.165, 1.54) is 11.1 Å². The SMILES string of the molecule is Cc1cccc2c1CSC(C)C2O. The van der Waals surface area contributed by atoms with E-state index in [1.807, 2.05) is 23.9 Å². The zero-order valence-corrected chi connectivity index (χ0v) is 8.77. The summed E-state index contributed by atoms with van der Waals surface area (Å²) in [7, 11) is 0. The predicted molar refractivity (Wildman–Crippen MR) is 56.9 cm³/mol. The van der Waals surface area contributed by atoms with E-state index in [4.69, 9.17) is 0 Å². The zero-order chi connectivity index (χ0) is 9.42. The van der Waals surface area contributed by atoms with Crippen molar-refractivity contribution in [1.82, 2.24) is 0 Å². The fourth-order valence-electron chi connectivity index (χ4n) is 1.76. The molecule has 1 N–H and O–H groups in total. The van der Waals surface area contributed by atoms with Crippen LogP contribution >= 0.6 is 11.8 Å². The maximum atomic E-state index is 9.93. The molecule has 0 aromatic heterocycles. The van der Waals surface area contributed by atoms with Crippen molar-refractivity contribution in [3.63, 3.8) is 0 Å². The molecule has 0 radical (unpaired) electrons. The van der Waals surface area contributed by atoms with Crippen molar-refractivity contribution in [2.24, 2.45) is 0 Å². The Labute approximate surface area is 83.2 Å². The Morgan fingerprint density at radius 1 is 1.46 bits per heavy atom. The molecule has 1 aromatic rings. The molecule has 1 nitrogen and oxygen atoms in total. The molecule has 2 unspecified atom stereocenters. The van der Waals surface area contributed by atoms with Crippen LogP contribution in [0.2, 0.25) is 0 Å². The number of benzene rings is 1. The molecule has 2 atom stereocenters. The third-order valence-corrected chi connectivity index (χ3v) is 3.94. The molecule has 70 valence electrons. The van der Waals surface area contributed by atoms with Crippen LogP contribution < -0.4 is 0 Å². The van der Waals surface area contributed by atoms with E-state index >= 15 is 0 Å². The van der Waals surface area contributed by atoms with Gasteiger partial charge in [0, 0.05) is 11.0 Å². The topological polar surface area (TPSA) is 20.2 Å². The van der Waals surface area contributed by atoms with Crippen LogP contribution in [0.5, 0.6) is 0 Å². The number of aliphatic hydroxyl groups is 1. The minimum absolute atomic E-state index is 0.284. The molecule has 2 heteroatoms. The molecule has 2 rings (SSSR count). The summed E-state index contributed by atoms with van der Waals surface area (Å²) in [6.45, 7) is 4.20. The average molecular weight is 194 g/mol. The number of hydrogen-bond donors (Lipinski definition) is 1. The predicted octanol–water partition coefficient (Wildman–Crippen LogP) is 2.66. The molecule has 0 fully saturated rings. The van der Waals surface area contributed by atoms with Gasteiger partial charge >= 0.3 is 0 Å². The van der Waals surface area contributed by atoms with Gasteiger partial charge in [0.1, 0.15) is 0 Å². The minimum atomic E-state index is -0.284. The summed E-state index contributed by atoms with van der Waals surface area (Å²) in [4.78, 5) is 0. The second kappa shape index (κ2) is 3.35. The van der Waals surface area contributed by atoms with Gasteiger partial charge < -0.3 is 5.11 Å². The third-order valence-electron chi connectivity index (χ3n) is 2.70. The molecule has 0 spiro atoms. The summed E-state index contributed by atoms with van der Waals surface area (Å²) in [5, 5.41) is 10.3. The van der Waals surface area contributed by atoms with E-state index in [-0.39, 0.29) is 6.10 Å². The Morgan fingerprint density at radius 2 is 2.23 bits per heavy atom. The van der Waals surface area contributed by atoms with E-state index in [1.54, 1.807) is 0 Å². The highest BCUT2D eigenvalue weighted by molar-refractivity contribution is 7.99. The molecule has 13 heavy (non-hydrogen) atoms. The van der Waals surface area contributed by atoms with Crippen LogP contribution in [0.4, 0.5) is 0 Å². The molecule has 1 heterocycles. The lowest BCUT2D eigenvalue weighted by molar-refractivity contribution is 0.177. The van der Waals surface area contributed by atoms with Crippen LogP contribution in [-0.4, -0.2) is 10.4 Å². The van der Waals surface area contributed by atoms with Crippen molar-refractivity contribution in [2.75, 3.05) is 0 Å². The van der Waals surface area contributed by atoms with Gasteiger partial charge in [-0.1, -0.05) is 25.1 Å². The summed E-state index contributed by atoms with van der Waals surface area (Å²) in [5.41, 5.74) is 3.76. The van der Waals surface area contributed by atoms with E-state index in [9.17, 15) is 5.11 Å². The summed E-state index contributed by atoms with van der Waals surface area (Å²) in [6, 6.07) is 6.19. The number of aliphatic hydroxyl groups excluding tert-OH is 1. The Hall–Kier alpha value is -0.470. The highest BCUT2D eigenvalue weighted by Crippen LogP contribution is 2.38. The quantitative estimate of drug-likeness (QED) is 0.685. The molecule has 1 aromatic carbocycles. The fourth-order valence-corrected chi connectivity index (χ4v) is 2.91. The van der Waals surface area contributed by atoms with Gasteiger partial charge in [-0.05, 0) is 23.6 Å². The molecule has 0 aliphatic carbocycles. The van der Waals surface area contributed by atoms with Crippen molar-refractivity contribution < 1.29 is 5.11 Å². The fraction of sp³-hybridized carbons (Fsp3) is 0.455. The maximum Gasteiger partial charge on any atom is 0.0909 e. The standard InChI is InChI=1S/C11H14OS/c1-7-4-3-5-9-10(7)6-13-8(2)11(9)12/h3-5,8,11-12H,6H2,1-2H3. The smallest absolute Gasteiger partial charge is 0.0909 e. The summed E-state index contributed by atoms with van der Waals surface area (Å²) in [5.74, 6) is 1.04. The summed E-state index contributed by atoms with van der Waals surface area (Å²) >= 11 is 1.83. The normalized spacial score (nSPS) is 27.0. The van der Waals surface area contributed by atoms with Gasteiger partial charge in [0.2, 0.25) is 0 Å². The Balaban J connectivity index is 2.49. The minimum Gasteiger partial charge on any atom is -0.387 e. The summed E-state index contributed by atoms with van der Waals surface area (Å²) in [6.07, 6.45) is -0.284. The van der Waals surface area contributed by atoms with Gasteiger partial charge in [-0.3, -0.25) is 0 Å². The first-order valence-corrected chi connectivity index (χ1v) is 5.63. The molecule has 0 amide bonds. The molecule has 0 bridgehead atoms. The Kier molecular flexibility index (Phi) is 2.35. The van der Waals surface area contributed by atoms with E-state index < -0.39 is 0 Å². The summed E-state index contributed by atoms with van der Waals surface area (Å²) < 4.78 is 0. The number of rotatable bonds is 0. The lowest BCUT2D eigenvalue weighted by Crippen LogP contribution is -2.18. The molecular weight excluding hydrogens is 180 g/mol. The first kappa shape index (κ1) is 9.10. The van der Waals surface area contributed by atoms with E-state index in [0.717, 1.165) is 11.3 Å². The van der Waals surface area contributed by atoms with E-state index in [2.05, 4.69) is 19.9 Å². The van der Waals surface area contributed by atoms with Gasteiger partial charge in [0.05, 0.1) is 6.10 Å². The van der Waals surface area contributed by atoms with Gasteiger partial charge in [0.25, 0.3) is 0 Å². The van der Waals surface area contributed by atoms with Crippen LogP contribution in [0, 0.1) is 6.92 Å². The van der Waals surface area contributed by atoms with Crippen molar-refractivity contribution in [3.05, 3.63) is 34.9 Å². The van der Waals surface area contributed by atoms with Crippen molar-refractivity contribution in [2.45, 2.75) is 31.0 Å². The number of fused-ring (bicyclic) bond motifs is 1. The molecule has 0 saturated carbocycles. The number of hydrogen-bond acceptors (Lipinski definition) is 2. The monoisotopic (exact) mass is 194 g/mol. The lowest BCUT2D eigenvalue weighted by atomic mass is 9.97. The van der Waals surface area contributed by atoms with Crippen molar-refractivity contribution in [3.8, 4) is 0 Å². The van der Waals surface area contributed by atoms with Gasteiger partial charge in [-0.2, -0.15) is 11.8 Å². The van der Waals surface area contributed by atoms with Crippen LogP contribution in [0.15, 0.2) is 18.2 Å². The number of aryl methyl sites for hydroxylation is 1.